The highest BCUT2D eigenvalue weighted by atomic mass is 32.1. The van der Waals surface area contributed by atoms with Crippen LogP contribution in [-0.4, -0.2) is 36.1 Å². The largest absolute Gasteiger partial charge is 0.468 e. The van der Waals surface area contributed by atoms with E-state index in [4.69, 9.17) is 0 Å². The van der Waals surface area contributed by atoms with Gasteiger partial charge in [-0.3, -0.25) is 9.69 Å². The number of rotatable bonds is 4. The van der Waals surface area contributed by atoms with Gasteiger partial charge < -0.3 is 4.74 Å². The number of esters is 1. The van der Waals surface area contributed by atoms with Gasteiger partial charge >= 0.3 is 5.97 Å². The Kier molecular flexibility index (Phi) is 4.03. The van der Waals surface area contributed by atoms with E-state index in [1.807, 2.05) is 24.3 Å². The molecule has 1 unspecified atom stereocenters. The standard InChI is InChI=1S/C9H14N2O2S/c1-7(9(12)13-3)11(2)4-8-5-14-6-10-8/h5-7H,4H2,1-3H3. The minimum atomic E-state index is -0.235. The molecule has 0 spiro atoms. The van der Waals surface area contributed by atoms with Gasteiger partial charge in [0.1, 0.15) is 6.04 Å². The fourth-order valence-corrected chi connectivity index (χ4v) is 1.61. The van der Waals surface area contributed by atoms with Crippen molar-refractivity contribution < 1.29 is 9.53 Å². The Morgan fingerprint density at radius 3 is 3.00 bits per heavy atom. The van der Waals surface area contributed by atoms with Crippen LogP contribution in [0.5, 0.6) is 0 Å². The molecule has 0 aliphatic heterocycles. The molecule has 0 radical (unpaired) electrons. The lowest BCUT2D eigenvalue weighted by Gasteiger charge is -2.21. The van der Waals surface area contributed by atoms with E-state index in [1.54, 1.807) is 16.8 Å². The monoisotopic (exact) mass is 214 g/mol. The predicted octanol–water partition coefficient (Wildman–Crippen LogP) is 1.14. The number of thiazole rings is 1. The first-order chi connectivity index (χ1) is 6.65. The highest BCUT2D eigenvalue weighted by Crippen LogP contribution is 2.07. The van der Waals surface area contributed by atoms with Crippen molar-refractivity contribution in [3.8, 4) is 0 Å². The van der Waals surface area contributed by atoms with Crippen molar-refractivity contribution >= 4 is 17.3 Å². The second-order valence-corrected chi connectivity index (χ2v) is 3.81. The molecule has 0 amide bonds. The van der Waals surface area contributed by atoms with Crippen LogP contribution in [0.25, 0.3) is 0 Å². The third-order valence-electron chi connectivity index (χ3n) is 2.10. The minimum Gasteiger partial charge on any atom is -0.468 e. The molecule has 1 atom stereocenters. The van der Waals surface area contributed by atoms with Gasteiger partial charge in [-0.15, -0.1) is 11.3 Å². The Hall–Kier alpha value is -0.940. The van der Waals surface area contributed by atoms with Crippen molar-refractivity contribution in [2.24, 2.45) is 0 Å². The van der Waals surface area contributed by atoms with Crippen LogP contribution in [0, 0.1) is 0 Å². The molecule has 1 rings (SSSR count). The highest BCUT2D eigenvalue weighted by molar-refractivity contribution is 7.07. The summed E-state index contributed by atoms with van der Waals surface area (Å²) in [4.78, 5) is 17.3. The summed E-state index contributed by atoms with van der Waals surface area (Å²) in [7, 11) is 3.27. The first kappa shape index (κ1) is 11.1. The van der Waals surface area contributed by atoms with E-state index in [0.717, 1.165) is 5.69 Å². The Labute approximate surface area is 87.5 Å². The third kappa shape index (κ3) is 2.78. The van der Waals surface area contributed by atoms with Crippen LogP contribution in [0.3, 0.4) is 0 Å². The summed E-state index contributed by atoms with van der Waals surface area (Å²) in [6.07, 6.45) is 0. The molecule has 4 nitrogen and oxygen atoms in total. The van der Waals surface area contributed by atoms with Gasteiger partial charge in [0.25, 0.3) is 0 Å². The van der Waals surface area contributed by atoms with Crippen molar-refractivity contribution in [1.82, 2.24) is 9.88 Å². The molecule has 0 aliphatic carbocycles. The average Bonchev–Trinajstić information content (AvgIpc) is 2.68. The van der Waals surface area contributed by atoms with E-state index in [1.165, 1.54) is 7.11 Å². The molecule has 1 heterocycles. The average molecular weight is 214 g/mol. The Bertz CT molecular complexity index is 287. The smallest absolute Gasteiger partial charge is 0.322 e. The van der Waals surface area contributed by atoms with Gasteiger partial charge in [0.05, 0.1) is 18.3 Å². The molecule has 0 aliphatic rings. The lowest BCUT2D eigenvalue weighted by Crippen LogP contribution is -2.36. The molecule has 0 bridgehead atoms. The Balaban J connectivity index is 2.49. The topological polar surface area (TPSA) is 42.4 Å². The minimum absolute atomic E-state index is 0.220. The fraction of sp³-hybridized carbons (Fsp3) is 0.556. The summed E-state index contributed by atoms with van der Waals surface area (Å²) in [6.45, 7) is 2.48. The summed E-state index contributed by atoms with van der Waals surface area (Å²) in [5.74, 6) is -0.220. The molecule has 0 saturated carbocycles. The number of nitrogens with zero attached hydrogens (tertiary/aromatic N) is 2. The number of methoxy groups -OCH3 is 1. The van der Waals surface area contributed by atoms with Gasteiger partial charge in [-0.25, -0.2) is 4.98 Å². The van der Waals surface area contributed by atoms with Crippen LogP contribution in [0.4, 0.5) is 0 Å². The second kappa shape index (κ2) is 5.07. The molecule has 5 heteroatoms. The SMILES string of the molecule is COC(=O)C(C)N(C)Cc1cscn1. The fourth-order valence-electron chi connectivity index (χ4n) is 1.06. The number of carbonyl (C=O) groups is 1. The lowest BCUT2D eigenvalue weighted by atomic mass is 10.3. The van der Waals surface area contributed by atoms with Crippen molar-refractivity contribution in [1.29, 1.82) is 0 Å². The molecule has 0 fully saturated rings. The first-order valence-electron chi connectivity index (χ1n) is 4.30. The maximum Gasteiger partial charge on any atom is 0.322 e. The van der Waals surface area contributed by atoms with Crippen molar-refractivity contribution in [3.05, 3.63) is 16.6 Å². The van der Waals surface area contributed by atoms with E-state index in [9.17, 15) is 4.79 Å². The zero-order valence-corrected chi connectivity index (χ0v) is 9.37. The van der Waals surface area contributed by atoms with Gasteiger partial charge in [-0.2, -0.15) is 0 Å². The van der Waals surface area contributed by atoms with Crippen LogP contribution in [0.15, 0.2) is 10.9 Å². The van der Waals surface area contributed by atoms with E-state index >= 15 is 0 Å². The van der Waals surface area contributed by atoms with Gasteiger partial charge in [0.2, 0.25) is 0 Å². The molecule has 0 aromatic carbocycles. The predicted molar refractivity (Wildman–Crippen MR) is 55.1 cm³/mol. The van der Waals surface area contributed by atoms with E-state index < -0.39 is 0 Å². The number of aromatic nitrogens is 1. The van der Waals surface area contributed by atoms with Crippen LogP contribution in [0.1, 0.15) is 12.6 Å². The van der Waals surface area contributed by atoms with Crippen LogP contribution in [-0.2, 0) is 16.1 Å². The molecule has 0 N–H and O–H groups in total. The summed E-state index contributed by atoms with van der Waals surface area (Å²) in [5, 5.41) is 1.97. The number of hydrogen-bond acceptors (Lipinski definition) is 5. The zero-order valence-electron chi connectivity index (χ0n) is 8.56. The summed E-state index contributed by atoms with van der Waals surface area (Å²) in [5.41, 5.74) is 2.76. The Morgan fingerprint density at radius 1 is 1.79 bits per heavy atom. The van der Waals surface area contributed by atoms with Crippen molar-refractivity contribution in [3.63, 3.8) is 0 Å². The maximum absolute atomic E-state index is 11.2. The van der Waals surface area contributed by atoms with Gasteiger partial charge in [-0.05, 0) is 14.0 Å². The lowest BCUT2D eigenvalue weighted by molar-refractivity contribution is -0.145. The van der Waals surface area contributed by atoms with E-state index in [0.29, 0.717) is 6.54 Å². The van der Waals surface area contributed by atoms with Gasteiger partial charge in [0.15, 0.2) is 0 Å². The van der Waals surface area contributed by atoms with E-state index in [-0.39, 0.29) is 12.0 Å². The molecule has 78 valence electrons. The normalized spacial score (nSPS) is 12.9. The molecule has 14 heavy (non-hydrogen) atoms. The molecular formula is C9H14N2O2S. The van der Waals surface area contributed by atoms with Gasteiger partial charge in [0, 0.05) is 11.9 Å². The molecule has 0 saturated heterocycles. The van der Waals surface area contributed by atoms with Gasteiger partial charge in [-0.1, -0.05) is 0 Å². The zero-order chi connectivity index (χ0) is 10.6. The van der Waals surface area contributed by atoms with Crippen molar-refractivity contribution in [2.45, 2.75) is 19.5 Å². The van der Waals surface area contributed by atoms with Crippen LogP contribution in [0.2, 0.25) is 0 Å². The third-order valence-corrected chi connectivity index (χ3v) is 2.73. The number of ether oxygens (including phenoxy) is 1. The number of carbonyl (C=O) groups excluding carboxylic acids is 1. The van der Waals surface area contributed by atoms with E-state index in [2.05, 4.69) is 9.72 Å². The Morgan fingerprint density at radius 2 is 2.50 bits per heavy atom. The first-order valence-corrected chi connectivity index (χ1v) is 5.24. The number of hydrogen-bond donors (Lipinski definition) is 0. The summed E-state index contributed by atoms with van der Waals surface area (Å²) >= 11 is 1.55. The van der Waals surface area contributed by atoms with Crippen molar-refractivity contribution in [2.75, 3.05) is 14.2 Å². The van der Waals surface area contributed by atoms with Crippen LogP contribution >= 0.6 is 11.3 Å². The molecule has 1 aromatic rings. The molecular weight excluding hydrogens is 200 g/mol. The maximum atomic E-state index is 11.2. The van der Waals surface area contributed by atoms with Crippen LogP contribution < -0.4 is 0 Å². The highest BCUT2D eigenvalue weighted by Gasteiger charge is 2.18. The summed E-state index contributed by atoms with van der Waals surface area (Å²) < 4.78 is 4.65. The quantitative estimate of drug-likeness (QED) is 0.705. The second-order valence-electron chi connectivity index (χ2n) is 3.09. The molecule has 1 aromatic heterocycles. The summed E-state index contributed by atoms with van der Waals surface area (Å²) in [6, 6.07) is -0.235. The number of likely N-dealkylation sites (N-methyl/N-ethyl adjacent to an activating group) is 1.